The molecule has 94 valence electrons. The number of hydrogen-bond acceptors (Lipinski definition) is 0. The number of aromatic nitrogens is 1. The SMILES string of the molecule is C=C[C@@H](c1ccc(C)cc1)c1c[nH]c2ccccc12. The van der Waals surface area contributed by atoms with Crippen LogP contribution in [0.3, 0.4) is 0 Å². The Kier molecular flexibility index (Phi) is 2.96. The Morgan fingerprint density at radius 2 is 1.79 bits per heavy atom. The lowest BCUT2D eigenvalue weighted by Gasteiger charge is -2.12. The van der Waals surface area contributed by atoms with Crippen LogP contribution in [0.15, 0.2) is 67.4 Å². The van der Waals surface area contributed by atoms with Crippen LogP contribution in [0.4, 0.5) is 0 Å². The summed E-state index contributed by atoms with van der Waals surface area (Å²) in [5.41, 5.74) is 5.03. The molecule has 0 aliphatic carbocycles. The molecule has 0 radical (unpaired) electrons. The van der Waals surface area contributed by atoms with Gasteiger partial charge in [0.15, 0.2) is 0 Å². The maximum atomic E-state index is 4.01. The lowest BCUT2D eigenvalue weighted by molar-refractivity contribution is 1.04. The normalized spacial score (nSPS) is 12.5. The van der Waals surface area contributed by atoms with Crippen molar-refractivity contribution in [3.8, 4) is 0 Å². The van der Waals surface area contributed by atoms with E-state index in [2.05, 4.69) is 73.2 Å². The van der Waals surface area contributed by atoms with Crippen molar-refractivity contribution in [2.45, 2.75) is 12.8 Å². The predicted octanol–water partition coefficient (Wildman–Crippen LogP) is 4.79. The molecule has 0 fully saturated rings. The highest BCUT2D eigenvalue weighted by Gasteiger charge is 2.14. The molecule has 3 rings (SSSR count). The minimum absolute atomic E-state index is 0.233. The van der Waals surface area contributed by atoms with E-state index in [1.807, 2.05) is 6.08 Å². The van der Waals surface area contributed by atoms with Crippen molar-refractivity contribution in [3.63, 3.8) is 0 Å². The molecule has 0 aliphatic rings. The van der Waals surface area contributed by atoms with E-state index in [0.717, 1.165) is 0 Å². The van der Waals surface area contributed by atoms with Gasteiger partial charge in [-0.15, -0.1) is 6.58 Å². The van der Waals surface area contributed by atoms with Gasteiger partial charge >= 0.3 is 0 Å². The summed E-state index contributed by atoms with van der Waals surface area (Å²) >= 11 is 0. The number of rotatable bonds is 3. The van der Waals surface area contributed by atoms with Crippen molar-refractivity contribution in [2.24, 2.45) is 0 Å². The zero-order valence-corrected chi connectivity index (χ0v) is 11.1. The van der Waals surface area contributed by atoms with Gasteiger partial charge in [-0.1, -0.05) is 54.1 Å². The van der Waals surface area contributed by atoms with E-state index in [1.54, 1.807) is 0 Å². The topological polar surface area (TPSA) is 15.8 Å². The van der Waals surface area contributed by atoms with Crippen LogP contribution in [0.1, 0.15) is 22.6 Å². The van der Waals surface area contributed by atoms with Crippen molar-refractivity contribution in [3.05, 3.63) is 84.1 Å². The molecule has 2 aromatic carbocycles. The van der Waals surface area contributed by atoms with Crippen LogP contribution in [0, 0.1) is 6.92 Å². The number of H-pyrrole nitrogens is 1. The zero-order valence-electron chi connectivity index (χ0n) is 11.1. The summed E-state index contributed by atoms with van der Waals surface area (Å²) < 4.78 is 0. The third-order valence-corrected chi connectivity index (χ3v) is 3.63. The molecule has 1 nitrogen and oxygen atoms in total. The number of benzene rings is 2. The molecular formula is C18H17N. The average molecular weight is 247 g/mol. The van der Waals surface area contributed by atoms with E-state index >= 15 is 0 Å². The van der Waals surface area contributed by atoms with Crippen LogP contribution in [0.5, 0.6) is 0 Å². The van der Waals surface area contributed by atoms with Crippen LogP contribution in [-0.2, 0) is 0 Å². The van der Waals surface area contributed by atoms with Gasteiger partial charge in [0.1, 0.15) is 0 Å². The summed E-state index contributed by atoms with van der Waals surface area (Å²) in [4.78, 5) is 3.34. The maximum absolute atomic E-state index is 4.01. The zero-order chi connectivity index (χ0) is 13.2. The highest BCUT2D eigenvalue weighted by molar-refractivity contribution is 5.84. The molecule has 3 aromatic rings. The summed E-state index contributed by atoms with van der Waals surface area (Å²) in [6, 6.07) is 17.1. The first kappa shape index (κ1) is 11.8. The number of aromatic amines is 1. The van der Waals surface area contributed by atoms with Crippen LogP contribution >= 0.6 is 0 Å². The summed E-state index contributed by atoms with van der Waals surface area (Å²) in [6.45, 7) is 6.12. The van der Waals surface area contributed by atoms with Gasteiger partial charge in [-0.3, -0.25) is 0 Å². The molecule has 1 heteroatoms. The minimum Gasteiger partial charge on any atom is -0.361 e. The first-order valence-electron chi connectivity index (χ1n) is 6.54. The molecule has 1 atom stereocenters. The summed E-state index contributed by atoms with van der Waals surface area (Å²) in [7, 11) is 0. The molecule has 0 saturated carbocycles. The first-order valence-corrected chi connectivity index (χ1v) is 6.54. The molecular weight excluding hydrogens is 230 g/mol. The fourth-order valence-electron chi connectivity index (χ4n) is 2.57. The van der Waals surface area contributed by atoms with E-state index in [1.165, 1.54) is 27.6 Å². The Bertz CT molecular complexity index is 704. The summed E-state index contributed by atoms with van der Waals surface area (Å²) in [5.74, 6) is 0.233. The Morgan fingerprint density at radius 1 is 1.05 bits per heavy atom. The van der Waals surface area contributed by atoms with Crippen molar-refractivity contribution >= 4 is 10.9 Å². The van der Waals surface area contributed by atoms with E-state index in [0.29, 0.717) is 0 Å². The minimum atomic E-state index is 0.233. The lowest BCUT2D eigenvalue weighted by Crippen LogP contribution is -1.96. The maximum Gasteiger partial charge on any atom is 0.0457 e. The molecule has 1 aromatic heterocycles. The van der Waals surface area contributed by atoms with Crippen LogP contribution in [0.25, 0.3) is 10.9 Å². The number of para-hydroxylation sites is 1. The van der Waals surface area contributed by atoms with Crippen molar-refractivity contribution in [1.82, 2.24) is 4.98 Å². The fraction of sp³-hybridized carbons (Fsp3) is 0.111. The molecule has 0 saturated heterocycles. The van der Waals surface area contributed by atoms with Gasteiger partial charge in [-0.05, 0) is 24.1 Å². The van der Waals surface area contributed by atoms with Gasteiger partial charge in [-0.25, -0.2) is 0 Å². The van der Waals surface area contributed by atoms with E-state index in [4.69, 9.17) is 0 Å². The van der Waals surface area contributed by atoms with Gasteiger partial charge in [0.2, 0.25) is 0 Å². The number of hydrogen-bond donors (Lipinski definition) is 1. The highest BCUT2D eigenvalue weighted by atomic mass is 14.7. The number of nitrogens with one attached hydrogen (secondary N) is 1. The van der Waals surface area contributed by atoms with E-state index in [-0.39, 0.29) is 5.92 Å². The number of fused-ring (bicyclic) bond motifs is 1. The molecule has 19 heavy (non-hydrogen) atoms. The Balaban J connectivity index is 2.12. The summed E-state index contributed by atoms with van der Waals surface area (Å²) in [5, 5.41) is 1.27. The predicted molar refractivity (Wildman–Crippen MR) is 81.5 cm³/mol. The second-order valence-corrected chi connectivity index (χ2v) is 4.91. The Hall–Kier alpha value is -2.28. The molecule has 0 aliphatic heterocycles. The van der Waals surface area contributed by atoms with Gasteiger partial charge in [-0.2, -0.15) is 0 Å². The van der Waals surface area contributed by atoms with Crippen LogP contribution in [-0.4, -0.2) is 4.98 Å². The van der Waals surface area contributed by atoms with Gasteiger partial charge < -0.3 is 4.98 Å². The van der Waals surface area contributed by atoms with E-state index in [9.17, 15) is 0 Å². The standard InChI is InChI=1S/C18H17N/c1-3-15(14-10-8-13(2)9-11-14)17-12-19-18-7-5-4-6-16(17)18/h3-12,15,19H,1H2,2H3/t15-/m0/s1. The smallest absolute Gasteiger partial charge is 0.0457 e. The second-order valence-electron chi connectivity index (χ2n) is 4.91. The molecule has 0 amide bonds. The van der Waals surface area contributed by atoms with Crippen molar-refractivity contribution in [1.29, 1.82) is 0 Å². The molecule has 1 N–H and O–H groups in total. The highest BCUT2D eigenvalue weighted by Crippen LogP contribution is 2.31. The second kappa shape index (κ2) is 4.77. The molecule has 0 bridgehead atoms. The fourth-order valence-corrected chi connectivity index (χ4v) is 2.57. The molecule has 0 unspecified atom stereocenters. The molecule has 1 heterocycles. The van der Waals surface area contributed by atoms with Crippen LogP contribution < -0.4 is 0 Å². The van der Waals surface area contributed by atoms with Crippen molar-refractivity contribution < 1.29 is 0 Å². The summed E-state index contributed by atoms with van der Waals surface area (Å²) in [6.07, 6.45) is 4.11. The van der Waals surface area contributed by atoms with Gasteiger partial charge in [0.25, 0.3) is 0 Å². The van der Waals surface area contributed by atoms with Gasteiger partial charge in [0.05, 0.1) is 0 Å². The van der Waals surface area contributed by atoms with Crippen LogP contribution in [0.2, 0.25) is 0 Å². The average Bonchev–Trinajstić information content (AvgIpc) is 2.86. The van der Waals surface area contributed by atoms with E-state index < -0.39 is 0 Å². The largest absolute Gasteiger partial charge is 0.361 e. The number of allylic oxidation sites excluding steroid dienone is 1. The molecule has 0 spiro atoms. The Labute approximate surface area is 113 Å². The number of aryl methyl sites for hydroxylation is 1. The van der Waals surface area contributed by atoms with Crippen molar-refractivity contribution in [2.75, 3.05) is 0 Å². The lowest BCUT2D eigenvalue weighted by atomic mass is 9.91. The quantitative estimate of drug-likeness (QED) is 0.640. The Morgan fingerprint density at radius 3 is 2.53 bits per heavy atom. The van der Waals surface area contributed by atoms with Gasteiger partial charge in [0, 0.05) is 23.0 Å². The first-order chi connectivity index (χ1) is 9.29. The third-order valence-electron chi connectivity index (χ3n) is 3.63. The third kappa shape index (κ3) is 2.08. The monoisotopic (exact) mass is 247 g/mol.